The predicted molar refractivity (Wildman–Crippen MR) is 74.2 cm³/mol. The highest BCUT2D eigenvalue weighted by atomic mass is 16.6. The van der Waals surface area contributed by atoms with Crippen LogP contribution in [0.5, 0.6) is 0 Å². The van der Waals surface area contributed by atoms with E-state index in [2.05, 4.69) is 11.9 Å². The smallest absolute Gasteiger partial charge is 0.311 e. The van der Waals surface area contributed by atoms with Gasteiger partial charge in [-0.15, -0.1) is 0 Å². The van der Waals surface area contributed by atoms with E-state index < -0.39 is 0 Å². The van der Waals surface area contributed by atoms with Crippen LogP contribution < -0.4 is 10.6 Å². The van der Waals surface area contributed by atoms with Gasteiger partial charge in [-0.1, -0.05) is 0 Å². The summed E-state index contributed by atoms with van der Waals surface area (Å²) in [6.45, 7) is 5.25. The Balaban J connectivity index is 2.36. The molecule has 104 valence electrons. The van der Waals surface area contributed by atoms with E-state index in [1.165, 1.54) is 0 Å². The Labute approximate surface area is 112 Å². The number of hydrogen-bond acceptors (Lipinski definition) is 5. The Morgan fingerprint density at radius 2 is 2.32 bits per heavy atom. The van der Waals surface area contributed by atoms with Crippen molar-refractivity contribution in [3.63, 3.8) is 0 Å². The molecule has 1 aliphatic heterocycles. The van der Waals surface area contributed by atoms with Crippen LogP contribution in [0, 0.1) is 23.0 Å². The molecule has 0 aromatic carbocycles. The molecule has 0 amide bonds. The third-order valence-electron chi connectivity index (χ3n) is 3.77. The molecule has 6 nitrogen and oxygen atoms in total. The SMILES string of the molecule is Cc1cnc(N2CC(CN)CCC2C)c([N+](=O)[O-])c1. The fraction of sp³-hybridized carbons (Fsp3) is 0.615. The normalized spacial score (nSPS) is 23.4. The van der Waals surface area contributed by atoms with Crippen molar-refractivity contribution in [1.82, 2.24) is 4.98 Å². The van der Waals surface area contributed by atoms with Gasteiger partial charge in [0.2, 0.25) is 5.82 Å². The van der Waals surface area contributed by atoms with Crippen LogP contribution in [0.2, 0.25) is 0 Å². The fourth-order valence-electron chi connectivity index (χ4n) is 2.57. The van der Waals surface area contributed by atoms with Crippen LogP contribution >= 0.6 is 0 Å². The minimum atomic E-state index is -0.353. The van der Waals surface area contributed by atoms with E-state index in [-0.39, 0.29) is 16.7 Å². The zero-order chi connectivity index (χ0) is 14.0. The number of aromatic nitrogens is 1. The summed E-state index contributed by atoms with van der Waals surface area (Å²) in [5.41, 5.74) is 6.62. The average Bonchev–Trinajstić information content (AvgIpc) is 2.39. The van der Waals surface area contributed by atoms with Gasteiger partial charge in [-0.3, -0.25) is 10.1 Å². The first kappa shape index (κ1) is 13.7. The lowest BCUT2D eigenvalue weighted by molar-refractivity contribution is -0.384. The third-order valence-corrected chi connectivity index (χ3v) is 3.77. The maximum atomic E-state index is 11.2. The van der Waals surface area contributed by atoms with E-state index in [1.54, 1.807) is 12.3 Å². The standard InChI is InChI=1S/C13H20N4O2/c1-9-5-12(17(18)19)13(15-7-9)16-8-11(6-14)4-3-10(16)2/h5,7,10-11H,3-4,6,8,14H2,1-2H3. The molecule has 0 aliphatic carbocycles. The van der Waals surface area contributed by atoms with Gasteiger partial charge in [0.1, 0.15) is 0 Å². The van der Waals surface area contributed by atoms with Crippen molar-refractivity contribution >= 4 is 11.5 Å². The number of hydrogen-bond donors (Lipinski definition) is 1. The van der Waals surface area contributed by atoms with Crippen molar-refractivity contribution in [1.29, 1.82) is 0 Å². The second-order valence-corrected chi connectivity index (χ2v) is 5.29. The minimum absolute atomic E-state index is 0.0875. The van der Waals surface area contributed by atoms with Crippen LogP contribution in [-0.2, 0) is 0 Å². The van der Waals surface area contributed by atoms with Crippen molar-refractivity contribution in [2.75, 3.05) is 18.0 Å². The Bertz CT molecular complexity index is 478. The van der Waals surface area contributed by atoms with Gasteiger partial charge in [0.25, 0.3) is 0 Å². The molecule has 2 N–H and O–H groups in total. The van der Waals surface area contributed by atoms with Crippen LogP contribution in [0.25, 0.3) is 0 Å². The summed E-state index contributed by atoms with van der Waals surface area (Å²) in [7, 11) is 0. The first-order valence-corrected chi connectivity index (χ1v) is 6.60. The summed E-state index contributed by atoms with van der Waals surface area (Å²) in [6.07, 6.45) is 3.75. The predicted octanol–water partition coefficient (Wildman–Crippen LogP) is 1.86. The maximum Gasteiger partial charge on any atom is 0.311 e. The monoisotopic (exact) mass is 264 g/mol. The van der Waals surface area contributed by atoms with Gasteiger partial charge in [0.05, 0.1) is 4.92 Å². The van der Waals surface area contributed by atoms with Crippen LogP contribution in [0.1, 0.15) is 25.3 Å². The summed E-state index contributed by atoms with van der Waals surface area (Å²) in [4.78, 5) is 17.1. The largest absolute Gasteiger partial charge is 0.348 e. The summed E-state index contributed by atoms with van der Waals surface area (Å²) in [6, 6.07) is 1.85. The van der Waals surface area contributed by atoms with Crippen molar-refractivity contribution < 1.29 is 4.92 Å². The molecule has 1 aliphatic rings. The molecule has 2 heterocycles. The molecule has 6 heteroatoms. The van der Waals surface area contributed by atoms with Crippen molar-refractivity contribution in [2.45, 2.75) is 32.7 Å². The molecule has 0 radical (unpaired) electrons. The van der Waals surface area contributed by atoms with Crippen LogP contribution in [0.15, 0.2) is 12.3 Å². The minimum Gasteiger partial charge on any atom is -0.348 e. The van der Waals surface area contributed by atoms with Crippen molar-refractivity contribution in [3.05, 3.63) is 27.9 Å². The average molecular weight is 264 g/mol. The van der Waals surface area contributed by atoms with E-state index in [4.69, 9.17) is 5.73 Å². The lowest BCUT2D eigenvalue weighted by atomic mass is 9.93. The second-order valence-electron chi connectivity index (χ2n) is 5.29. The number of anilines is 1. The molecule has 1 aromatic heterocycles. The Morgan fingerprint density at radius 3 is 2.95 bits per heavy atom. The van der Waals surface area contributed by atoms with E-state index >= 15 is 0 Å². The summed E-state index contributed by atoms with van der Waals surface area (Å²) < 4.78 is 0. The summed E-state index contributed by atoms with van der Waals surface area (Å²) >= 11 is 0. The molecule has 0 bridgehead atoms. The molecule has 0 saturated carbocycles. The summed E-state index contributed by atoms with van der Waals surface area (Å²) in [5, 5.41) is 11.2. The molecule has 1 aromatic rings. The number of nitro groups is 1. The quantitative estimate of drug-likeness (QED) is 0.665. The second kappa shape index (κ2) is 5.52. The fourth-order valence-corrected chi connectivity index (χ4v) is 2.57. The van der Waals surface area contributed by atoms with Gasteiger partial charge in [0, 0.05) is 24.8 Å². The molecule has 2 atom stereocenters. The van der Waals surface area contributed by atoms with Gasteiger partial charge in [0.15, 0.2) is 0 Å². The van der Waals surface area contributed by atoms with Crippen molar-refractivity contribution in [3.8, 4) is 0 Å². The highest BCUT2D eigenvalue weighted by Crippen LogP contribution is 2.32. The molecule has 2 rings (SSSR count). The van der Waals surface area contributed by atoms with Gasteiger partial charge in [-0.05, 0) is 44.7 Å². The molecule has 0 spiro atoms. The van der Waals surface area contributed by atoms with Crippen LogP contribution in [0.3, 0.4) is 0 Å². The first-order chi connectivity index (χ1) is 9.02. The Hall–Kier alpha value is -1.69. The maximum absolute atomic E-state index is 11.2. The molecule has 1 fully saturated rings. The van der Waals surface area contributed by atoms with E-state index in [9.17, 15) is 10.1 Å². The van der Waals surface area contributed by atoms with Crippen LogP contribution in [0.4, 0.5) is 11.5 Å². The van der Waals surface area contributed by atoms with Crippen molar-refractivity contribution in [2.24, 2.45) is 11.7 Å². The number of nitrogens with two attached hydrogens (primary N) is 1. The number of rotatable bonds is 3. The summed E-state index contributed by atoms with van der Waals surface area (Å²) in [5.74, 6) is 0.861. The van der Waals surface area contributed by atoms with Gasteiger partial charge in [-0.2, -0.15) is 0 Å². The number of aryl methyl sites for hydroxylation is 1. The Morgan fingerprint density at radius 1 is 1.58 bits per heavy atom. The van der Waals surface area contributed by atoms with E-state index in [0.717, 1.165) is 24.9 Å². The van der Waals surface area contributed by atoms with E-state index in [1.807, 2.05) is 11.8 Å². The van der Waals surface area contributed by atoms with Gasteiger partial charge < -0.3 is 10.6 Å². The highest BCUT2D eigenvalue weighted by molar-refractivity contribution is 5.59. The van der Waals surface area contributed by atoms with Gasteiger partial charge >= 0.3 is 5.69 Å². The lowest BCUT2D eigenvalue weighted by Crippen LogP contribution is -2.44. The molecule has 19 heavy (non-hydrogen) atoms. The molecular weight excluding hydrogens is 244 g/mol. The number of pyridine rings is 1. The van der Waals surface area contributed by atoms with E-state index in [0.29, 0.717) is 18.3 Å². The topological polar surface area (TPSA) is 85.3 Å². The number of nitrogens with zero attached hydrogens (tertiary/aromatic N) is 3. The van der Waals surface area contributed by atoms with Crippen LogP contribution in [-0.4, -0.2) is 29.0 Å². The lowest BCUT2D eigenvalue weighted by Gasteiger charge is -2.38. The number of piperidine rings is 1. The Kier molecular flexibility index (Phi) is 3.99. The third kappa shape index (κ3) is 2.84. The zero-order valence-electron chi connectivity index (χ0n) is 11.4. The van der Waals surface area contributed by atoms with Gasteiger partial charge in [-0.25, -0.2) is 4.98 Å². The molecule has 2 unspecified atom stereocenters. The molecule has 1 saturated heterocycles. The first-order valence-electron chi connectivity index (χ1n) is 6.60. The molecular formula is C13H20N4O2. The zero-order valence-corrected chi connectivity index (χ0v) is 11.4. The highest BCUT2D eigenvalue weighted by Gasteiger charge is 2.30.